The number of imidazole rings is 1. The second kappa shape index (κ2) is 13.9. The lowest BCUT2D eigenvalue weighted by Crippen LogP contribution is -2.26. The standard InChI is InChI=1S/C32H35ClF3N3O/c1-3-5-20-38(22-24-12-18-28(19-13-24)40-32(34,35)36)23-29-30(25-14-16-27(33)17-15-25)37-31(39(29)21-6-4-2)26-10-8-7-9-11-26/h7-19H,3-6,20-23H2,1-2H3. The van der Waals surface area contributed by atoms with Crippen molar-refractivity contribution in [3.05, 3.63) is 95.1 Å². The molecule has 0 aliphatic carbocycles. The van der Waals surface area contributed by atoms with Gasteiger partial charge in [-0.05, 0) is 49.2 Å². The molecule has 4 rings (SSSR count). The van der Waals surface area contributed by atoms with E-state index in [2.05, 4.69) is 40.2 Å². The first-order valence-electron chi connectivity index (χ1n) is 13.7. The van der Waals surface area contributed by atoms with Crippen molar-refractivity contribution in [2.24, 2.45) is 0 Å². The number of nitrogens with zero attached hydrogens (tertiary/aromatic N) is 3. The van der Waals surface area contributed by atoms with Gasteiger partial charge >= 0.3 is 6.36 Å². The number of hydrogen-bond acceptors (Lipinski definition) is 3. The van der Waals surface area contributed by atoms with E-state index in [4.69, 9.17) is 16.6 Å². The fourth-order valence-electron chi connectivity index (χ4n) is 4.71. The first-order valence-corrected chi connectivity index (χ1v) is 14.1. The maximum Gasteiger partial charge on any atom is 0.573 e. The predicted octanol–water partition coefficient (Wildman–Crippen LogP) is 9.37. The maximum absolute atomic E-state index is 12.6. The van der Waals surface area contributed by atoms with E-state index in [0.29, 0.717) is 18.1 Å². The lowest BCUT2D eigenvalue weighted by molar-refractivity contribution is -0.274. The molecule has 1 heterocycles. The summed E-state index contributed by atoms with van der Waals surface area (Å²) in [5.41, 5.74) is 5.00. The maximum atomic E-state index is 12.6. The number of ether oxygens (including phenoxy) is 1. The Labute approximate surface area is 239 Å². The van der Waals surface area contributed by atoms with E-state index in [1.54, 1.807) is 12.1 Å². The molecule has 0 bridgehead atoms. The third-order valence-electron chi connectivity index (χ3n) is 6.72. The van der Waals surface area contributed by atoms with Crippen molar-refractivity contribution in [1.29, 1.82) is 0 Å². The van der Waals surface area contributed by atoms with Gasteiger partial charge in [0.2, 0.25) is 0 Å². The monoisotopic (exact) mass is 569 g/mol. The van der Waals surface area contributed by atoms with Crippen molar-refractivity contribution in [2.45, 2.75) is 65.5 Å². The van der Waals surface area contributed by atoms with Gasteiger partial charge in [0.25, 0.3) is 0 Å². The first-order chi connectivity index (χ1) is 19.3. The summed E-state index contributed by atoms with van der Waals surface area (Å²) >= 11 is 6.21. The number of hydrogen-bond donors (Lipinski definition) is 0. The summed E-state index contributed by atoms with van der Waals surface area (Å²) in [5, 5.41) is 0.668. The molecule has 0 amide bonds. The molecule has 0 aliphatic rings. The Balaban J connectivity index is 1.73. The highest BCUT2D eigenvalue weighted by atomic mass is 35.5. The lowest BCUT2D eigenvalue weighted by Gasteiger charge is -2.24. The zero-order valence-electron chi connectivity index (χ0n) is 22.9. The molecular formula is C32H35ClF3N3O. The van der Waals surface area contributed by atoms with E-state index in [1.165, 1.54) is 12.1 Å². The van der Waals surface area contributed by atoms with Crippen LogP contribution in [0.1, 0.15) is 50.8 Å². The molecule has 8 heteroatoms. The first kappa shape index (κ1) is 29.7. The fourth-order valence-corrected chi connectivity index (χ4v) is 4.84. The Morgan fingerprint density at radius 3 is 2.12 bits per heavy atom. The molecule has 0 fully saturated rings. The molecule has 0 radical (unpaired) electrons. The van der Waals surface area contributed by atoms with Crippen molar-refractivity contribution >= 4 is 11.6 Å². The van der Waals surface area contributed by atoms with Crippen molar-refractivity contribution in [1.82, 2.24) is 14.5 Å². The molecule has 0 atom stereocenters. The Morgan fingerprint density at radius 2 is 1.50 bits per heavy atom. The largest absolute Gasteiger partial charge is 0.573 e. The van der Waals surface area contributed by atoms with Gasteiger partial charge in [-0.25, -0.2) is 4.98 Å². The second-order valence-corrected chi connectivity index (χ2v) is 10.3. The summed E-state index contributed by atoms with van der Waals surface area (Å²) in [5.74, 6) is 0.713. The normalized spacial score (nSPS) is 11.8. The average molecular weight is 570 g/mol. The van der Waals surface area contributed by atoms with Gasteiger partial charge in [0.15, 0.2) is 0 Å². The molecule has 0 saturated heterocycles. The van der Waals surface area contributed by atoms with Crippen LogP contribution in [-0.4, -0.2) is 27.4 Å². The van der Waals surface area contributed by atoms with Crippen LogP contribution in [0.25, 0.3) is 22.6 Å². The van der Waals surface area contributed by atoms with E-state index in [1.807, 2.05) is 42.5 Å². The summed E-state index contributed by atoms with van der Waals surface area (Å²) in [7, 11) is 0. The van der Waals surface area contributed by atoms with Crippen LogP contribution in [-0.2, 0) is 19.6 Å². The van der Waals surface area contributed by atoms with E-state index in [9.17, 15) is 13.2 Å². The molecule has 0 saturated carbocycles. The van der Waals surface area contributed by atoms with Gasteiger partial charge in [0.05, 0.1) is 11.4 Å². The van der Waals surface area contributed by atoms with Crippen LogP contribution in [0.15, 0.2) is 78.9 Å². The van der Waals surface area contributed by atoms with Crippen LogP contribution in [0.2, 0.25) is 5.02 Å². The second-order valence-electron chi connectivity index (χ2n) is 9.86. The van der Waals surface area contributed by atoms with Crippen LogP contribution in [0, 0.1) is 0 Å². The van der Waals surface area contributed by atoms with Crippen molar-refractivity contribution < 1.29 is 17.9 Å². The summed E-state index contributed by atoms with van der Waals surface area (Å²) in [6, 6.07) is 24.1. The predicted molar refractivity (Wildman–Crippen MR) is 155 cm³/mol. The van der Waals surface area contributed by atoms with Gasteiger partial charge in [0, 0.05) is 35.8 Å². The van der Waals surface area contributed by atoms with Gasteiger partial charge in [-0.15, -0.1) is 13.2 Å². The number of aromatic nitrogens is 2. The Kier molecular flexibility index (Phi) is 10.3. The topological polar surface area (TPSA) is 30.3 Å². The highest BCUT2D eigenvalue weighted by Gasteiger charge is 2.31. The van der Waals surface area contributed by atoms with Crippen molar-refractivity contribution in [3.63, 3.8) is 0 Å². The minimum atomic E-state index is -4.71. The Bertz CT molecular complexity index is 1340. The molecule has 0 aliphatic heterocycles. The van der Waals surface area contributed by atoms with Crippen LogP contribution >= 0.6 is 11.6 Å². The lowest BCUT2D eigenvalue weighted by atomic mass is 10.1. The van der Waals surface area contributed by atoms with Crippen LogP contribution < -0.4 is 4.74 Å². The zero-order valence-corrected chi connectivity index (χ0v) is 23.7. The molecular weight excluding hydrogens is 535 g/mol. The highest BCUT2D eigenvalue weighted by Crippen LogP contribution is 2.32. The number of halogens is 4. The van der Waals surface area contributed by atoms with Crippen molar-refractivity contribution in [2.75, 3.05) is 6.54 Å². The van der Waals surface area contributed by atoms with Gasteiger partial charge in [-0.3, -0.25) is 4.90 Å². The summed E-state index contributed by atoms with van der Waals surface area (Å²) < 4.78 is 44.3. The van der Waals surface area contributed by atoms with Crippen LogP contribution in [0.4, 0.5) is 13.2 Å². The van der Waals surface area contributed by atoms with E-state index < -0.39 is 6.36 Å². The molecule has 212 valence electrons. The molecule has 3 aromatic carbocycles. The van der Waals surface area contributed by atoms with Gasteiger partial charge in [-0.2, -0.15) is 0 Å². The van der Waals surface area contributed by atoms with E-state index in [0.717, 1.165) is 72.7 Å². The van der Waals surface area contributed by atoms with E-state index in [-0.39, 0.29) is 5.75 Å². The minimum Gasteiger partial charge on any atom is -0.406 e. The molecule has 0 spiro atoms. The van der Waals surface area contributed by atoms with Crippen LogP contribution in [0.5, 0.6) is 5.75 Å². The SMILES string of the molecule is CCCCN(Cc1ccc(OC(F)(F)F)cc1)Cc1c(-c2ccc(Cl)cc2)nc(-c2ccccc2)n1CCCC. The third-order valence-corrected chi connectivity index (χ3v) is 6.97. The summed E-state index contributed by atoms with van der Waals surface area (Å²) in [6.07, 6.45) is -0.615. The number of alkyl halides is 3. The molecule has 1 aromatic heterocycles. The Morgan fingerprint density at radius 1 is 0.825 bits per heavy atom. The quantitative estimate of drug-likeness (QED) is 0.161. The number of benzene rings is 3. The van der Waals surface area contributed by atoms with Gasteiger partial charge in [-0.1, -0.05) is 92.9 Å². The highest BCUT2D eigenvalue weighted by molar-refractivity contribution is 6.30. The number of unbranched alkanes of at least 4 members (excludes halogenated alkanes) is 2. The van der Waals surface area contributed by atoms with Gasteiger partial charge in [0.1, 0.15) is 11.6 Å². The third kappa shape index (κ3) is 8.12. The summed E-state index contributed by atoms with van der Waals surface area (Å²) in [4.78, 5) is 7.53. The average Bonchev–Trinajstić information content (AvgIpc) is 3.29. The minimum absolute atomic E-state index is 0.216. The molecule has 4 aromatic rings. The van der Waals surface area contributed by atoms with Crippen LogP contribution in [0.3, 0.4) is 0 Å². The Hall–Kier alpha value is -3.29. The molecule has 0 N–H and O–H groups in total. The van der Waals surface area contributed by atoms with E-state index >= 15 is 0 Å². The van der Waals surface area contributed by atoms with Gasteiger partial charge < -0.3 is 9.30 Å². The summed E-state index contributed by atoms with van der Waals surface area (Å²) in [6.45, 7) is 7.24. The molecule has 40 heavy (non-hydrogen) atoms. The molecule has 0 unspecified atom stereocenters. The fraction of sp³-hybridized carbons (Fsp3) is 0.344. The smallest absolute Gasteiger partial charge is 0.406 e. The van der Waals surface area contributed by atoms with Crippen molar-refractivity contribution in [3.8, 4) is 28.4 Å². The number of rotatable bonds is 13. The molecule has 4 nitrogen and oxygen atoms in total. The zero-order chi connectivity index (χ0) is 28.5.